The summed E-state index contributed by atoms with van der Waals surface area (Å²) in [6.45, 7) is 4.73. The van der Waals surface area contributed by atoms with Gasteiger partial charge in [0.2, 0.25) is 5.91 Å². The Morgan fingerprint density at radius 1 is 0.833 bits per heavy atom. The fraction of sp³-hybridized carbons (Fsp3) is 0.692. The SMILES string of the molecule is CC1(C(=O)N2CCN(C(=O)c3ccc(C4CCC5CCCC5C4)cc3)CC2)CCC1. The van der Waals surface area contributed by atoms with E-state index in [0.29, 0.717) is 38.0 Å². The third-order valence-corrected chi connectivity index (χ3v) is 8.75. The average molecular weight is 409 g/mol. The minimum absolute atomic E-state index is 0.114. The molecule has 4 nitrogen and oxygen atoms in total. The molecular formula is C26H36N2O2. The van der Waals surface area contributed by atoms with Gasteiger partial charge in [-0.05, 0) is 67.6 Å². The zero-order valence-corrected chi connectivity index (χ0v) is 18.4. The van der Waals surface area contributed by atoms with Crippen LogP contribution < -0.4 is 0 Å². The second-order valence-electron chi connectivity index (χ2n) is 10.6. The molecule has 162 valence electrons. The first-order valence-corrected chi connectivity index (χ1v) is 12.2. The Kier molecular flexibility index (Phi) is 5.37. The van der Waals surface area contributed by atoms with Crippen molar-refractivity contribution in [3.05, 3.63) is 35.4 Å². The Bertz CT molecular complexity index is 790. The van der Waals surface area contributed by atoms with E-state index in [9.17, 15) is 9.59 Å². The van der Waals surface area contributed by atoms with Crippen molar-refractivity contribution in [2.24, 2.45) is 17.3 Å². The quantitative estimate of drug-likeness (QED) is 0.718. The molecule has 1 aromatic carbocycles. The summed E-state index contributed by atoms with van der Waals surface area (Å²) in [7, 11) is 0. The number of rotatable bonds is 3. The van der Waals surface area contributed by atoms with Crippen molar-refractivity contribution in [1.82, 2.24) is 9.80 Å². The van der Waals surface area contributed by atoms with Gasteiger partial charge in [0.05, 0.1) is 0 Å². The molecule has 3 saturated carbocycles. The first kappa shape index (κ1) is 20.1. The van der Waals surface area contributed by atoms with Gasteiger partial charge in [-0.15, -0.1) is 0 Å². The van der Waals surface area contributed by atoms with E-state index in [-0.39, 0.29) is 11.3 Å². The number of carbonyl (C=O) groups is 2. The zero-order chi connectivity index (χ0) is 20.7. The van der Waals surface area contributed by atoms with Crippen molar-refractivity contribution in [2.75, 3.05) is 26.2 Å². The van der Waals surface area contributed by atoms with Crippen LogP contribution in [0.25, 0.3) is 0 Å². The number of nitrogens with zero attached hydrogens (tertiary/aromatic N) is 2. The molecule has 0 N–H and O–H groups in total. The van der Waals surface area contributed by atoms with Crippen LogP contribution in [-0.4, -0.2) is 47.8 Å². The zero-order valence-electron chi connectivity index (χ0n) is 18.4. The molecule has 0 spiro atoms. The van der Waals surface area contributed by atoms with Crippen molar-refractivity contribution < 1.29 is 9.59 Å². The second-order valence-corrected chi connectivity index (χ2v) is 10.6. The summed E-state index contributed by atoms with van der Waals surface area (Å²) in [6, 6.07) is 8.46. The van der Waals surface area contributed by atoms with E-state index in [0.717, 1.165) is 30.2 Å². The smallest absolute Gasteiger partial charge is 0.253 e. The molecule has 1 heterocycles. The van der Waals surface area contributed by atoms with Crippen LogP contribution >= 0.6 is 0 Å². The molecular weight excluding hydrogens is 372 g/mol. The minimum Gasteiger partial charge on any atom is -0.339 e. The first-order chi connectivity index (χ1) is 14.5. The molecule has 0 bridgehead atoms. The van der Waals surface area contributed by atoms with Gasteiger partial charge in [0.1, 0.15) is 0 Å². The lowest BCUT2D eigenvalue weighted by atomic mass is 9.69. The van der Waals surface area contributed by atoms with Gasteiger partial charge in [0.15, 0.2) is 0 Å². The Morgan fingerprint density at radius 3 is 2.17 bits per heavy atom. The molecule has 2 amide bonds. The Hall–Kier alpha value is -1.84. The van der Waals surface area contributed by atoms with Gasteiger partial charge in [-0.3, -0.25) is 9.59 Å². The maximum atomic E-state index is 13.0. The third kappa shape index (κ3) is 3.67. The number of piperazine rings is 1. The normalized spacial score (nSPS) is 30.5. The monoisotopic (exact) mass is 408 g/mol. The summed E-state index contributed by atoms with van der Waals surface area (Å²) in [5.74, 6) is 3.01. The summed E-state index contributed by atoms with van der Waals surface area (Å²) >= 11 is 0. The largest absolute Gasteiger partial charge is 0.339 e. The highest BCUT2D eigenvalue weighted by atomic mass is 16.2. The lowest BCUT2D eigenvalue weighted by Crippen LogP contribution is -2.55. The van der Waals surface area contributed by atoms with E-state index in [1.165, 1.54) is 50.5 Å². The lowest BCUT2D eigenvalue weighted by Gasteiger charge is -2.43. The van der Waals surface area contributed by atoms with Crippen LogP contribution in [0, 0.1) is 17.3 Å². The Labute approximate surface area is 181 Å². The first-order valence-electron chi connectivity index (χ1n) is 12.2. The molecule has 0 aromatic heterocycles. The highest BCUT2D eigenvalue weighted by molar-refractivity contribution is 5.94. The summed E-state index contributed by atoms with van der Waals surface area (Å²) < 4.78 is 0. The van der Waals surface area contributed by atoms with E-state index in [1.807, 2.05) is 21.9 Å². The fourth-order valence-electron chi connectivity index (χ4n) is 6.50. The molecule has 3 aliphatic carbocycles. The van der Waals surface area contributed by atoms with Gasteiger partial charge in [-0.25, -0.2) is 0 Å². The molecule has 4 aliphatic rings. The number of amides is 2. The molecule has 5 rings (SSSR count). The van der Waals surface area contributed by atoms with Gasteiger partial charge < -0.3 is 9.80 Å². The maximum absolute atomic E-state index is 13.0. The summed E-state index contributed by atoms with van der Waals surface area (Å²) in [4.78, 5) is 29.6. The predicted octanol–water partition coefficient (Wildman–Crippen LogP) is 4.85. The predicted molar refractivity (Wildman–Crippen MR) is 118 cm³/mol. The summed E-state index contributed by atoms with van der Waals surface area (Å²) in [5, 5.41) is 0. The van der Waals surface area contributed by atoms with Crippen molar-refractivity contribution in [2.45, 2.75) is 70.6 Å². The number of fused-ring (bicyclic) bond motifs is 1. The van der Waals surface area contributed by atoms with Gasteiger partial charge >= 0.3 is 0 Å². The molecule has 1 aliphatic heterocycles. The molecule has 1 saturated heterocycles. The van der Waals surface area contributed by atoms with Crippen LogP contribution in [0.2, 0.25) is 0 Å². The highest BCUT2D eigenvalue weighted by Gasteiger charge is 2.42. The highest BCUT2D eigenvalue weighted by Crippen LogP contribution is 2.47. The van der Waals surface area contributed by atoms with Crippen LogP contribution in [0.1, 0.15) is 86.6 Å². The summed E-state index contributed by atoms with van der Waals surface area (Å²) in [6.07, 6.45) is 11.5. The Balaban J connectivity index is 1.16. The van der Waals surface area contributed by atoms with E-state index in [1.54, 1.807) is 0 Å². The molecule has 1 aromatic rings. The van der Waals surface area contributed by atoms with Crippen LogP contribution in [0.4, 0.5) is 0 Å². The van der Waals surface area contributed by atoms with E-state index < -0.39 is 0 Å². The van der Waals surface area contributed by atoms with Crippen molar-refractivity contribution in [3.8, 4) is 0 Å². The molecule has 4 heteroatoms. The van der Waals surface area contributed by atoms with Crippen molar-refractivity contribution in [1.29, 1.82) is 0 Å². The maximum Gasteiger partial charge on any atom is 0.253 e. The molecule has 4 fully saturated rings. The second kappa shape index (κ2) is 8.01. The van der Waals surface area contributed by atoms with Crippen LogP contribution in [0.5, 0.6) is 0 Å². The molecule has 3 atom stereocenters. The van der Waals surface area contributed by atoms with Gasteiger partial charge in [-0.1, -0.05) is 44.7 Å². The van der Waals surface area contributed by atoms with Crippen LogP contribution in [0.15, 0.2) is 24.3 Å². The van der Waals surface area contributed by atoms with E-state index in [4.69, 9.17) is 0 Å². The van der Waals surface area contributed by atoms with Crippen LogP contribution in [-0.2, 0) is 4.79 Å². The molecule has 0 radical (unpaired) electrons. The number of hydrogen-bond donors (Lipinski definition) is 0. The van der Waals surface area contributed by atoms with Gasteiger partial charge in [-0.2, -0.15) is 0 Å². The standard InChI is InChI=1S/C26H36N2O2/c1-26(12-3-13-26)25(30)28-16-14-27(15-17-28)24(29)21-9-6-20(7-10-21)23-11-8-19-4-2-5-22(19)18-23/h6-7,9-10,19,22-23H,2-5,8,11-18H2,1H3. The Morgan fingerprint density at radius 2 is 1.50 bits per heavy atom. The minimum atomic E-state index is -0.139. The fourth-order valence-corrected chi connectivity index (χ4v) is 6.50. The molecule has 30 heavy (non-hydrogen) atoms. The summed E-state index contributed by atoms with van der Waals surface area (Å²) in [5.41, 5.74) is 2.07. The number of benzene rings is 1. The average Bonchev–Trinajstić information content (AvgIpc) is 3.24. The number of carbonyl (C=O) groups excluding carboxylic acids is 2. The third-order valence-electron chi connectivity index (χ3n) is 8.75. The van der Waals surface area contributed by atoms with Gasteiger partial charge in [0, 0.05) is 37.2 Å². The van der Waals surface area contributed by atoms with E-state index in [2.05, 4.69) is 19.1 Å². The van der Waals surface area contributed by atoms with Gasteiger partial charge in [0.25, 0.3) is 5.91 Å². The van der Waals surface area contributed by atoms with Crippen molar-refractivity contribution >= 4 is 11.8 Å². The topological polar surface area (TPSA) is 40.6 Å². The van der Waals surface area contributed by atoms with Crippen LogP contribution in [0.3, 0.4) is 0 Å². The lowest BCUT2D eigenvalue weighted by molar-refractivity contribution is -0.147. The van der Waals surface area contributed by atoms with E-state index >= 15 is 0 Å². The molecule has 3 unspecified atom stereocenters. The number of hydrogen-bond acceptors (Lipinski definition) is 2. The van der Waals surface area contributed by atoms with Crippen molar-refractivity contribution in [3.63, 3.8) is 0 Å².